The van der Waals surface area contributed by atoms with Crippen LogP contribution in [-0.4, -0.2) is 80.6 Å². The van der Waals surface area contributed by atoms with Crippen molar-refractivity contribution in [3.63, 3.8) is 0 Å². The quantitative estimate of drug-likeness (QED) is 0.0448. The average Bonchev–Trinajstić information content (AvgIpc) is 2.90. The largest absolute Gasteiger partial charge is 0.477 e. The summed E-state index contributed by atoms with van der Waals surface area (Å²) in [5.74, 6) is -1.54. The van der Waals surface area contributed by atoms with E-state index in [0.717, 1.165) is 32.1 Å². The highest BCUT2D eigenvalue weighted by molar-refractivity contribution is 5.72. The summed E-state index contributed by atoms with van der Waals surface area (Å²) in [6, 6.07) is -0.607. The fraction of sp³-hybridized carbons (Fsp3) is 0.848. The normalized spacial score (nSPS) is 13.3. The monoisotopic (exact) mass is 584 g/mol. The third-order valence-corrected chi connectivity index (χ3v) is 7.13. The number of carbonyl (C=O) groups is 3. The van der Waals surface area contributed by atoms with Crippen LogP contribution in [0, 0.1) is 0 Å². The van der Waals surface area contributed by atoms with E-state index in [0.29, 0.717) is 25.7 Å². The van der Waals surface area contributed by atoms with Gasteiger partial charge in [-0.3, -0.25) is 9.59 Å². The number of esters is 2. The predicted octanol–water partition coefficient (Wildman–Crippen LogP) is 7.24. The van der Waals surface area contributed by atoms with E-state index in [1.54, 1.807) is 0 Å². The van der Waals surface area contributed by atoms with Gasteiger partial charge in [0, 0.05) is 19.3 Å². The molecule has 0 aromatic carbocycles. The third-order valence-electron chi connectivity index (χ3n) is 7.13. The van der Waals surface area contributed by atoms with Gasteiger partial charge in [-0.05, 0) is 38.5 Å². The highest BCUT2D eigenvalue weighted by Gasteiger charge is 2.31. The van der Waals surface area contributed by atoms with E-state index in [4.69, 9.17) is 14.2 Å². The van der Waals surface area contributed by atoms with Gasteiger partial charge in [0.25, 0.3) is 0 Å². The van der Waals surface area contributed by atoms with Crippen LogP contribution in [0.25, 0.3) is 0 Å². The van der Waals surface area contributed by atoms with E-state index in [1.807, 2.05) is 28.1 Å². The molecule has 0 aliphatic carbocycles. The zero-order valence-electron chi connectivity index (χ0n) is 27.0. The van der Waals surface area contributed by atoms with Crippen LogP contribution >= 0.6 is 0 Å². The summed E-state index contributed by atoms with van der Waals surface area (Å²) >= 11 is 0. The minimum Gasteiger partial charge on any atom is -0.477 e. The summed E-state index contributed by atoms with van der Waals surface area (Å²) in [5.41, 5.74) is 0. The van der Waals surface area contributed by atoms with Gasteiger partial charge in [-0.15, -0.1) is 0 Å². The average molecular weight is 585 g/mol. The second-order valence-electron chi connectivity index (χ2n) is 12.1. The molecular weight excluding hydrogens is 522 g/mol. The molecule has 0 bridgehead atoms. The number of ether oxygens (including phenoxy) is 3. The summed E-state index contributed by atoms with van der Waals surface area (Å²) in [6.07, 6.45) is 22.5. The number of unbranched alkanes of at least 4 members (excludes halogenated alkanes) is 12. The Balaban J connectivity index is 4.15. The molecule has 0 saturated heterocycles. The van der Waals surface area contributed by atoms with Crippen molar-refractivity contribution in [2.75, 3.05) is 41.0 Å². The summed E-state index contributed by atoms with van der Waals surface area (Å²) in [4.78, 5) is 35.8. The number of hydrogen-bond donors (Lipinski definition) is 1. The summed E-state index contributed by atoms with van der Waals surface area (Å²) < 4.78 is 16.7. The lowest BCUT2D eigenvalue weighted by atomic mass is 10.1. The fourth-order valence-corrected chi connectivity index (χ4v) is 4.59. The predicted molar refractivity (Wildman–Crippen MR) is 165 cm³/mol. The minimum atomic E-state index is -0.882. The number of quaternary nitrogens is 1. The second kappa shape index (κ2) is 25.8. The molecule has 8 heteroatoms. The van der Waals surface area contributed by atoms with E-state index < -0.39 is 18.1 Å². The first-order valence-electron chi connectivity index (χ1n) is 16.2. The number of rotatable bonds is 28. The topological polar surface area (TPSA) is 99.1 Å². The molecule has 2 atom stereocenters. The first kappa shape index (κ1) is 39.1. The molecule has 0 aliphatic heterocycles. The Bertz CT molecular complexity index is 702. The van der Waals surface area contributed by atoms with Crippen LogP contribution in [0.5, 0.6) is 0 Å². The molecule has 41 heavy (non-hydrogen) atoms. The maximum absolute atomic E-state index is 12.4. The van der Waals surface area contributed by atoms with Crippen molar-refractivity contribution in [2.24, 2.45) is 0 Å². The summed E-state index contributed by atoms with van der Waals surface area (Å²) in [7, 11) is 5.48. The third kappa shape index (κ3) is 24.4. The molecular formula is C33H62NO7+. The van der Waals surface area contributed by atoms with Gasteiger partial charge in [-0.2, -0.15) is 0 Å². The van der Waals surface area contributed by atoms with Crippen LogP contribution in [0.15, 0.2) is 12.2 Å². The molecule has 0 aromatic rings. The van der Waals surface area contributed by atoms with Crippen molar-refractivity contribution < 1.29 is 38.2 Å². The van der Waals surface area contributed by atoms with Gasteiger partial charge in [0.05, 0.1) is 34.4 Å². The number of likely N-dealkylation sites (N-methyl/N-ethyl adjacent to an activating group) is 1. The van der Waals surface area contributed by atoms with Gasteiger partial charge >= 0.3 is 17.9 Å². The van der Waals surface area contributed by atoms with E-state index in [-0.39, 0.29) is 36.2 Å². The van der Waals surface area contributed by atoms with Crippen LogP contribution in [0.3, 0.4) is 0 Å². The van der Waals surface area contributed by atoms with Crippen LogP contribution in [0.4, 0.5) is 0 Å². The standard InChI is InChI=1S/C33H61NO7/c1-6-8-9-10-11-12-13-14-15-16-17-18-19-20-21-22-24-32(36)41-29(28-40-31(35)23-7-2)27-39-26-25-30(33(37)38)34(3,4)5/h15-16,29-30H,6-14,17-28H2,1-5H3/p+1/b16-15-. The Hall–Kier alpha value is -1.93. The van der Waals surface area contributed by atoms with Gasteiger partial charge in [-0.1, -0.05) is 83.8 Å². The van der Waals surface area contributed by atoms with Crippen molar-refractivity contribution in [1.82, 2.24) is 0 Å². The zero-order valence-corrected chi connectivity index (χ0v) is 27.0. The molecule has 0 fully saturated rings. The highest BCUT2D eigenvalue weighted by Crippen LogP contribution is 2.12. The molecule has 1 N–H and O–H groups in total. The Morgan fingerprint density at radius 1 is 0.707 bits per heavy atom. The number of allylic oxidation sites excluding steroid dienone is 2. The number of nitrogens with zero attached hydrogens (tertiary/aromatic N) is 1. The first-order valence-corrected chi connectivity index (χ1v) is 16.2. The molecule has 0 spiro atoms. The van der Waals surface area contributed by atoms with Gasteiger partial charge in [-0.25, -0.2) is 4.79 Å². The molecule has 2 unspecified atom stereocenters. The van der Waals surface area contributed by atoms with E-state index >= 15 is 0 Å². The summed E-state index contributed by atoms with van der Waals surface area (Å²) in [5, 5.41) is 9.47. The Morgan fingerprint density at radius 2 is 1.27 bits per heavy atom. The molecule has 0 aromatic heterocycles. The molecule has 0 amide bonds. The molecule has 0 aliphatic rings. The maximum atomic E-state index is 12.4. The van der Waals surface area contributed by atoms with Gasteiger partial charge in [0.15, 0.2) is 12.1 Å². The lowest BCUT2D eigenvalue weighted by molar-refractivity contribution is -0.887. The number of hydrogen-bond acceptors (Lipinski definition) is 6. The van der Waals surface area contributed by atoms with Crippen molar-refractivity contribution in [1.29, 1.82) is 0 Å². The Morgan fingerprint density at radius 3 is 1.80 bits per heavy atom. The molecule has 0 heterocycles. The molecule has 240 valence electrons. The number of aliphatic carboxylic acids is 1. The van der Waals surface area contributed by atoms with E-state index in [2.05, 4.69) is 19.1 Å². The molecule has 8 nitrogen and oxygen atoms in total. The number of carboxylic acid groups (broad SMARTS) is 1. The number of carbonyl (C=O) groups excluding carboxylic acids is 2. The molecule has 0 rings (SSSR count). The van der Waals surface area contributed by atoms with E-state index in [9.17, 15) is 19.5 Å². The van der Waals surface area contributed by atoms with Crippen LogP contribution < -0.4 is 0 Å². The lowest BCUT2D eigenvalue weighted by Gasteiger charge is -2.31. The van der Waals surface area contributed by atoms with Crippen molar-refractivity contribution in [3.05, 3.63) is 12.2 Å². The molecule has 0 radical (unpaired) electrons. The van der Waals surface area contributed by atoms with Crippen molar-refractivity contribution in [2.45, 2.75) is 142 Å². The number of carboxylic acids is 1. The smallest absolute Gasteiger partial charge is 0.362 e. The van der Waals surface area contributed by atoms with Crippen LogP contribution in [0.1, 0.15) is 129 Å². The van der Waals surface area contributed by atoms with E-state index in [1.165, 1.54) is 57.8 Å². The Kier molecular flexibility index (Phi) is 24.5. The SMILES string of the molecule is CCCCCCCCC/C=C\CCCCCCCC(=O)OC(COCCC(C(=O)O)[N+](C)(C)C)COC(=O)CCC. The van der Waals surface area contributed by atoms with Gasteiger partial charge in [0.2, 0.25) is 0 Å². The zero-order chi connectivity index (χ0) is 30.8. The van der Waals surface area contributed by atoms with Crippen molar-refractivity contribution >= 4 is 17.9 Å². The first-order chi connectivity index (χ1) is 19.6. The summed E-state index contributed by atoms with van der Waals surface area (Å²) in [6.45, 7) is 4.35. The lowest BCUT2D eigenvalue weighted by Crippen LogP contribution is -2.50. The maximum Gasteiger partial charge on any atom is 0.362 e. The van der Waals surface area contributed by atoms with Crippen molar-refractivity contribution in [3.8, 4) is 0 Å². The van der Waals surface area contributed by atoms with Crippen LogP contribution in [0.2, 0.25) is 0 Å². The molecule has 0 saturated carbocycles. The van der Waals surface area contributed by atoms with Crippen LogP contribution in [-0.2, 0) is 28.6 Å². The Labute approximate surface area is 250 Å². The second-order valence-corrected chi connectivity index (χ2v) is 12.1. The van der Waals surface area contributed by atoms with Gasteiger partial charge < -0.3 is 23.8 Å². The minimum absolute atomic E-state index is 0.0567. The fourth-order valence-electron chi connectivity index (χ4n) is 4.59. The van der Waals surface area contributed by atoms with Gasteiger partial charge in [0.1, 0.15) is 6.61 Å². The highest BCUT2D eigenvalue weighted by atomic mass is 16.6.